The highest BCUT2D eigenvalue weighted by Crippen LogP contribution is 2.38. The highest BCUT2D eigenvalue weighted by Gasteiger charge is 2.35. The Kier molecular flexibility index (Phi) is 6.46. The lowest BCUT2D eigenvalue weighted by Gasteiger charge is -2.36. The zero-order chi connectivity index (χ0) is 27.0. The third-order valence-electron chi connectivity index (χ3n) is 7.37. The van der Waals surface area contributed by atoms with Gasteiger partial charge in [0.1, 0.15) is 24.5 Å². The van der Waals surface area contributed by atoms with Crippen LogP contribution in [0.4, 0.5) is 4.39 Å². The molecule has 6 rings (SSSR count). The number of halogens is 1. The van der Waals surface area contributed by atoms with Crippen LogP contribution in [0.3, 0.4) is 0 Å². The summed E-state index contributed by atoms with van der Waals surface area (Å²) in [6, 6.07) is 19.3. The van der Waals surface area contributed by atoms with E-state index in [1.165, 1.54) is 12.1 Å². The largest absolute Gasteiger partial charge is 0.489 e. The van der Waals surface area contributed by atoms with Gasteiger partial charge in [0, 0.05) is 44.6 Å². The van der Waals surface area contributed by atoms with E-state index in [1.54, 1.807) is 31.6 Å². The minimum atomic E-state index is -0.988. The van der Waals surface area contributed by atoms with Gasteiger partial charge in [-0.15, -0.1) is 10.2 Å². The molecule has 8 nitrogen and oxygen atoms in total. The molecule has 0 bridgehead atoms. The first-order valence-electron chi connectivity index (χ1n) is 12.6. The van der Waals surface area contributed by atoms with Crippen LogP contribution < -0.4 is 4.74 Å². The number of nitrogens with zero attached hydrogens (tertiary/aromatic N) is 3. The molecule has 0 saturated carbocycles. The standard InChI is InChI=1S/C30H26FN3O5/c1-37-30(7-9-38-10-8-30)22-13-23(31)15-24(14-22)39-17-19-5-6-25-26(20-3-2-4-21(12-20)29(35)36)16-28-33-32-18-34(28)27(25)11-19/h2-6,11-16,18H,7-10,17H2,1H3,(H,35,36). The molecule has 0 radical (unpaired) electrons. The average molecular weight is 528 g/mol. The van der Waals surface area contributed by atoms with Gasteiger partial charge < -0.3 is 19.3 Å². The summed E-state index contributed by atoms with van der Waals surface area (Å²) in [6.07, 6.45) is 2.92. The number of methoxy groups -OCH3 is 1. The Morgan fingerprint density at radius 3 is 2.74 bits per heavy atom. The number of aromatic nitrogens is 3. The summed E-state index contributed by atoms with van der Waals surface area (Å²) < 4.78 is 33.9. The monoisotopic (exact) mass is 527 g/mol. The van der Waals surface area contributed by atoms with Crippen molar-refractivity contribution in [2.24, 2.45) is 0 Å². The topological polar surface area (TPSA) is 95.2 Å². The normalized spacial score (nSPS) is 15.0. The van der Waals surface area contributed by atoms with Crippen molar-refractivity contribution < 1.29 is 28.5 Å². The molecule has 1 fully saturated rings. The Morgan fingerprint density at radius 1 is 1.10 bits per heavy atom. The van der Waals surface area contributed by atoms with Crippen LogP contribution in [0.5, 0.6) is 5.75 Å². The summed E-state index contributed by atoms with van der Waals surface area (Å²) in [5.74, 6) is -0.956. The molecule has 0 amide bonds. The minimum Gasteiger partial charge on any atom is -0.489 e. The van der Waals surface area contributed by atoms with Crippen molar-refractivity contribution >= 4 is 22.5 Å². The van der Waals surface area contributed by atoms with Crippen LogP contribution >= 0.6 is 0 Å². The summed E-state index contributed by atoms with van der Waals surface area (Å²) in [6.45, 7) is 1.32. The van der Waals surface area contributed by atoms with Gasteiger partial charge in [-0.25, -0.2) is 9.18 Å². The molecule has 0 atom stereocenters. The molecule has 1 N–H and O–H groups in total. The van der Waals surface area contributed by atoms with Crippen molar-refractivity contribution in [3.05, 3.63) is 95.6 Å². The van der Waals surface area contributed by atoms with E-state index in [0.717, 1.165) is 33.2 Å². The van der Waals surface area contributed by atoms with Gasteiger partial charge in [-0.05, 0) is 58.7 Å². The summed E-state index contributed by atoms with van der Waals surface area (Å²) >= 11 is 0. The number of pyridine rings is 1. The first-order chi connectivity index (χ1) is 19.0. The van der Waals surface area contributed by atoms with E-state index < -0.39 is 11.6 Å². The number of fused-ring (bicyclic) bond motifs is 3. The van der Waals surface area contributed by atoms with Crippen molar-refractivity contribution in [3.63, 3.8) is 0 Å². The Morgan fingerprint density at radius 2 is 1.95 bits per heavy atom. The third-order valence-corrected chi connectivity index (χ3v) is 7.37. The highest BCUT2D eigenvalue weighted by molar-refractivity contribution is 5.99. The lowest BCUT2D eigenvalue weighted by atomic mass is 9.86. The van der Waals surface area contributed by atoms with Crippen LogP contribution in [0.15, 0.2) is 73.1 Å². The van der Waals surface area contributed by atoms with E-state index in [0.29, 0.717) is 37.5 Å². The van der Waals surface area contributed by atoms with Gasteiger partial charge in [0.2, 0.25) is 0 Å². The second kappa shape index (κ2) is 10.1. The van der Waals surface area contributed by atoms with Gasteiger partial charge in [-0.1, -0.05) is 24.3 Å². The number of benzene rings is 3. The van der Waals surface area contributed by atoms with E-state index in [1.807, 2.05) is 40.8 Å². The molecule has 5 aromatic rings. The number of aromatic carboxylic acids is 1. The van der Waals surface area contributed by atoms with Crippen LogP contribution in [-0.4, -0.2) is 46.0 Å². The quantitative estimate of drug-likeness (QED) is 0.294. The molecule has 1 aliphatic heterocycles. The Bertz CT molecular complexity index is 1690. The van der Waals surface area contributed by atoms with Crippen molar-refractivity contribution in [1.82, 2.24) is 14.6 Å². The van der Waals surface area contributed by atoms with Gasteiger partial charge in [0.25, 0.3) is 0 Å². The van der Waals surface area contributed by atoms with Gasteiger partial charge in [-0.3, -0.25) is 4.40 Å². The minimum absolute atomic E-state index is 0.206. The van der Waals surface area contributed by atoms with Crippen LogP contribution in [-0.2, 0) is 21.7 Å². The fourth-order valence-corrected chi connectivity index (χ4v) is 5.28. The SMILES string of the molecule is COC1(c2cc(F)cc(OCc3ccc4c(-c5cccc(C(=O)O)c5)cc5nncn5c4c3)c2)CCOCC1. The fraction of sp³-hybridized carbons (Fsp3) is 0.233. The molecule has 2 aromatic heterocycles. The number of ether oxygens (including phenoxy) is 3. The van der Waals surface area contributed by atoms with E-state index in [-0.39, 0.29) is 18.0 Å². The molecule has 0 spiro atoms. The van der Waals surface area contributed by atoms with Crippen LogP contribution in [0.1, 0.15) is 34.3 Å². The maximum Gasteiger partial charge on any atom is 0.335 e. The molecule has 3 heterocycles. The molecule has 0 unspecified atom stereocenters. The van der Waals surface area contributed by atoms with Crippen LogP contribution in [0.2, 0.25) is 0 Å². The number of hydrogen-bond donors (Lipinski definition) is 1. The Balaban J connectivity index is 1.34. The maximum absolute atomic E-state index is 14.6. The summed E-state index contributed by atoms with van der Waals surface area (Å²) in [5, 5.41) is 18.6. The smallest absolute Gasteiger partial charge is 0.335 e. The molecule has 1 saturated heterocycles. The van der Waals surface area contributed by atoms with Crippen molar-refractivity contribution in [2.45, 2.75) is 25.0 Å². The first-order valence-corrected chi connectivity index (χ1v) is 12.6. The molecular formula is C30H26FN3O5. The van der Waals surface area contributed by atoms with E-state index in [4.69, 9.17) is 14.2 Å². The van der Waals surface area contributed by atoms with Gasteiger partial charge in [0.05, 0.1) is 16.7 Å². The molecule has 198 valence electrons. The average Bonchev–Trinajstić information content (AvgIpc) is 3.45. The Labute approximate surface area is 223 Å². The summed E-state index contributed by atoms with van der Waals surface area (Å²) in [7, 11) is 1.64. The molecule has 39 heavy (non-hydrogen) atoms. The summed E-state index contributed by atoms with van der Waals surface area (Å²) in [5.41, 5.74) is 4.29. The molecular weight excluding hydrogens is 501 g/mol. The molecule has 0 aliphatic carbocycles. The first kappa shape index (κ1) is 25.0. The summed E-state index contributed by atoms with van der Waals surface area (Å²) in [4.78, 5) is 11.5. The zero-order valence-corrected chi connectivity index (χ0v) is 21.3. The molecule has 1 aliphatic rings. The van der Waals surface area contributed by atoms with E-state index in [9.17, 15) is 14.3 Å². The second-order valence-corrected chi connectivity index (χ2v) is 9.63. The van der Waals surface area contributed by atoms with Gasteiger partial charge in [0.15, 0.2) is 5.65 Å². The van der Waals surface area contributed by atoms with Crippen molar-refractivity contribution in [2.75, 3.05) is 20.3 Å². The van der Waals surface area contributed by atoms with Crippen molar-refractivity contribution in [3.8, 4) is 16.9 Å². The maximum atomic E-state index is 14.6. The van der Waals surface area contributed by atoms with Crippen LogP contribution in [0, 0.1) is 5.82 Å². The fourth-order valence-electron chi connectivity index (χ4n) is 5.28. The predicted octanol–water partition coefficient (Wildman–Crippen LogP) is 5.62. The lowest BCUT2D eigenvalue weighted by Crippen LogP contribution is -2.35. The van der Waals surface area contributed by atoms with Gasteiger partial charge >= 0.3 is 5.97 Å². The number of carboxylic acids is 1. The highest BCUT2D eigenvalue weighted by atomic mass is 19.1. The van der Waals surface area contributed by atoms with Gasteiger partial charge in [-0.2, -0.15) is 0 Å². The number of carbonyl (C=O) groups is 1. The lowest BCUT2D eigenvalue weighted by molar-refractivity contribution is -0.0950. The second-order valence-electron chi connectivity index (χ2n) is 9.63. The third kappa shape index (κ3) is 4.71. The van der Waals surface area contributed by atoms with E-state index in [2.05, 4.69) is 10.2 Å². The van der Waals surface area contributed by atoms with Crippen molar-refractivity contribution in [1.29, 1.82) is 0 Å². The Hall–Kier alpha value is -4.34. The number of hydrogen-bond acceptors (Lipinski definition) is 6. The number of rotatable bonds is 7. The van der Waals surface area contributed by atoms with Crippen LogP contribution in [0.25, 0.3) is 27.7 Å². The zero-order valence-electron chi connectivity index (χ0n) is 21.3. The molecule has 9 heteroatoms. The predicted molar refractivity (Wildman–Crippen MR) is 142 cm³/mol. The molecule has 3 aromatic carbocycles. The number of carboxylic acid groups (broad SMARTS) is 1. The van der Waals surface area contributed by atoms with E-state index >= 15 is 0 Å².